The summed E-state index contributed by atoms with van der Waals surface area (Å²) in [6, 6.07) is 5.14. The molecule has 2 nitrogen and oxygen atoms in total. The van der Waals surface area contributed by atoms with Gasteiger partial charge in [-0.05, 0) is 30.5 Å². The van der Waals surface area contributed by atoms with Crippen molar-refractivity contribution in [2.45, 2.75) is 25.3 Å². The van der Waals surface area contributed by atoms with Crippen LogP contribution in [0, 0.1) is 11.7 Å². The molecule has 84 valence electrons. The predicted molar refractivity (Wildman–Crippen MR) is 62.1 cm³/mol. The van der Waals surface area contributed by atoms with Crippen LogP contribution in [0.5, 0.6) is 0 Å². The van der Waals surface area contributed by atoms with Gasteiger partial charge in [-0.15, -0.1) is 11.6 Å². The van der Waals surface area contributed by atoms with Gasteiger partial charge in [0.25, 0.3) is 0 Å². The molecule has 3 rings (SSSR count). The standard InChI is InChI=1S/C12H12ClFN2/c1-7-4-10(7)16-11-5-8(14)2-3-9(11)15-12(16)6-13/h2-3,5,7,10H,4,6H2,1H3. The molecule has 16 heavy (non-hydrogen) atoms. The van der Waals surface area contributed by atoms with Gasteiger partial charge in [0.05, 0.1) is 16.9 Å². The maximum Gasteiger partial charge on any atom is 0.125 e. The highest BCUT2D eigenvalue weighted by molar-refractivity contribution is 6.16. The van der Waals surface area contributed by atoms with Crippen molar-refractivity contribution >= 4 is 22.6 Å². The molecule has 1 aliphatic rings. The number of benzene rings is 1. The van der Waals surface area contributed by atoms with E-state index in [-0.39, 0.29) is 5.82 Å². The molecule has 1 aliphatic carbocycles. The summed E-state index contributed by atoms with van der Waals surface area (Å²) in [5, 5.41) is 0. The van der Waals surface area contributed by atoms with Crippen LogP contribution in [-0.4, -0.2) is 9.55 Å². The molecular weight excluding hydrogens is 227 g/mol. The van der Waals surface area contributed by atoms with Gasteiger partial charge in [0.15, 0.2) is 0 Å². The van der Waals surface area contributed by atoms with Gasteiger partial charge in [-0.25, -0.2) is 9.37 Å². The van der Waals surface area contributed by atoms with Crippen molar-refractivity contribution in [3.63, 3.8) is 0 Å². The van der Waals surface area contributed by atoms with Crippen LogP contribution in [0.2, 0.25) is 0 Å². The van der Waals surface area contributed by atoms with Gasteiger partial charge in [0, 0.05) is 6.04 Å². The quantitative estimate of drug-likeness (QED) is 0.733. The smallest absolute Gasteiger partial charge is 0.125 e. The van der Waals surface area contributed by atoms with Gasteiger partial charge in [-0.1, -0.05) is 6.92 Å². The van der Waals surface area contributed by atoms with Crippen molar-refractivity contribution in [2.75, 3.05) is 0 Å². The molecule has 0 amide bonds. The Bertz CT molecular complexity index is 549. The Morgan fingerprint density at radius 2 is 2.31 bits per heavy atom. The van der Waals surface area contributed by atoms with Crippen LogP contribution < -0.4 is 0 Å². The molecule has 1 aromatic carbocycles. The number of halogens is 2. The first-order chi connectivity index (χ1) is 7.70. The first kappa shape index (κ1) is 10.1. The number of alkyl halides is 1. The number of hydrogen-bond donors (Lipinski definition) is 0. The molecule has 0 bridgehead atoms. The Morgan fingerprint density at radius 1 is 1.56 bits per heavy atom. The maximum atomic E-state index is 13.2. The van der Waals surface area contributed by atoms with Crippen LogP contribution in [0.25, 0.3) is 11.0 Å². The first-order valence-corrected chi connectivity index (χ1v) is 5.96. The fourth-order valence-electron chi connectivity index (χ4n) is 2.24. The molecule has 0 radical (unpaired) electrons. The summed E-state index contributed by atoms with van der Waals surface area (Å²) >= 11 is 5.89. The van der Waals surface area contributed by atoms with E-state index < -0.39 is 0 Å². The van der Waals surface area contributed by atoms with Crippen molar-refractivity contribution in [1.29, 1.82) is 0 Å². The van der Waals surface area contributed by atoms with Crippen LogP contribution in [0.3, 0.4) is 0 Å². The summed E-state index contributed by atoms with van der Waals surface area (Å²) in [7, 11) is 0. The second kappa shape index (κ2) is 3.45. The Kier molecular flexibility index (Phi) is 2.18. The van der Waals surface area contributed by atoms with Crippen molar-refractivity contribution in [2.24, 2.45) is 5.92 Å². The normalized spacial score (nSPS) is 23.9. The average molecular weight is 239 g/mol. The third-order valence-corrected chi connectivity index (χ3v) is 3.48. The third-order valence-electron chi connectivity index (χ3n) is 3.24. The Balaban J connectivity index is 2.24. The zero-order valence-electron chi connectivity index (χ0n) is 8.95. The van der Waals surface area contributed by atoms with E-state index in [0.717, 1.165) is 23.3 Å². The number of nitrogens with zero attached hydrogens (tertiary/aromatic N) is 2. The summed E-state index contributed by atoms with van der Waals surface area (Å²) in [5.74, 6) is 1.64. The molecule has 0 spiro atoms. The fourth-order valence-corrected chi connectivity index (χ4v) is 2.43. The topological polar surface area (TPSA) is 17.8 Å². The lowest BCUT2D eigenvalue weighted by Gasteiger charge is -2.05. The Morgan fingerprint density at radius 3 is 2.94 bits per heavy atom. The molecule has 2 aromatic rings. The lowest BCUT2D eigenvalue weighted by atomic mass is 10.3. The zero-order chi connectivity index (χ0) is 11.3. The second-order valence-corrected chi connectivity index (χ2v) is 4.71. The predicted octanol–water partition coefficient (Wildman–Crippen LogP) is 3.50. The molecular formula is C12H12ClFN2. The third kappa shape index (κ3) is 1.42. The van der Waals surface area contributed by atoms with Crippen molar-refractivity contribution in [3.8, 4) is 0 Å². The molecule has 1 heterocycles. The molecule has 4 heteroatoms. The minimum absolute atomic E-state index is 0.219. The number of fused-ring (bicyclic) bond motifs is 1. The Labute approximate surface area is 98.0 Å². The largest absolute Gasteiger partial charge is 0.323 e. The fraction of sp³-hybridized carbons (Fsp3) is 0.417. The highest BCUT2D eigenvalue weighted by atomic mass is 35.5. The molecule has 1 saturated carbocycles. The Hall–Kier alpha value is -1.09. The number of aromatic nitrogens is 2. The average Bonchev–Trinajstić information content (AvgIpc) is 2.87. The van der Waals surface area contributed by atoms with Crippen LogP contribution in [0.15, 0.2) is 18.2 Å². The van der Waals surface area contributed by atoms with E-state index in [2.05, 4.69) is 16.5 Å². The van der Waals surface area contributed by atoms with Gasteiger partial charge < -0.3 is 4.57 Å². The molecule has 2 unspecified atom stereocenters. The van der Waals surface area contributed by atoms with Crippen LogP contribution >= 0.6 is 11.6 Å². The highest BCUT2D eigenvalue weighted by Crippen LogP contribution is 2.45. The summed E-state index contributed by atoms with van der Waals surface area (Å²) < 4.78 is 15.3. The van der Waals surface area contributed by atoms with E-state index >= 15 is 0 Å². The van der Waals surface area contributed by atoms with Gasteiger partial charge in [-0.2, -0.15) is 0 Å². The minimum Gasteiger partial charge on any atom is -0.323 e. The number of rotatable bonds is 2. The lowest BCUT2D eigenvalue weighted by Crippen LogP contribution is -2.00. The van der Waals surface area contributed by atoms with E-state index in [1.165, 1.54) is 6.07 Å². The van der Waals surface area contributed by atoms with E-state index in [4.69, 9.17) is 11.6 Å². The van der Waals surface area contributed by atoms with E-state index in [1.54, 1.807) is 12.1 Å². The zero-order valence-corrected chi connectivity index (χ0v) is 9.71. The van der Waals surface area contributed by atoms with E-state index in [0.29, 0.717) is 17.8 Å². The monoisotopic (exact) mass is 238 g/mol. The summed E-state index contributed by atoms with van der Waals surface area (Å²) in [6.45, 7) is 2.19. The van der Waals surface area contributed by atoms with Crippen molar-refractivity contribution in [1.82, 2.24) is 9.55 Å². The van der Waals surface area contributed by atoms with Crippen LogP contribution in [0.1, 0.15) is 25.2 Å². The van der Waals surface area contributed by atoms with Gasteiger partial charge in [0.1, 0.15) is 11.6 Å². The number of imidazole rings is 1. The highest BCUT2D eigenvalue weighted by Gasteiger charge is 2.36. The van der Waals surface area contributed by atoms with Gasteiger partial charge >= 0.3 is 0 Å². The van der Waals surface area contributed by atoms with Crippen LogP contribution in [-0.2, 0) is 5.88 Å². The summed E-state index contributed by atoms with van der Waals surface area (Å²) in [4.78, 5) is 4.43. The minimum atomic E-state index is -0.219. The summed E-state index contributed by atoms with van der Waals surface area (Å²) in [5.41, 5.74) is 1.70. The first-order valence-electron chi connectivity index (χ1n) is 5.43. The second-order valence-electron chi connectivity index (χ2n) is 4.45. The molecule has 0 N–H and O–H groups in total. The summed E-state index contributed by atoms with van der Waals surface area (Å²) in [6.07, 6.45) is 1.13. The lowest BCUT2D eigenvalue weighted by molar-refractivity contribution is 0.626. The van der Waals surface area contributed by atoms with Gasteiger partial charge in [-0.3, -0.25) is 0 Å². The van der Waals surface area contributed by atoms with Crippen LogP contribution in [0.4, 0.5) is 4.39 Å². The van der Waals surface area contributed by atoms with Crippen molar-refractivity contribution in [3.05, 3.63) is 29.8 Å². The van der Waals surface area contributed by atoms with Gasteiger partial charge in [0.2, 0.25) is 0 Å². The van der Waals surface area contributed by atoms with E-state index in [9.17, 15) is 4.39 Å². The molecule has 0 aliphatic heterocycles. The van der Waals surface area contributed by atoms with E-state index in [1.807, 2.05) is 0 Å². The maximum absolute atomic E-state index is 13.2. The molecule has 1 aromatic heterocycles. The number of hydrogen-bond acceptors (Lipinski definition) is 1. The molecule has 2 atom stereocenters. The molecule has 0 saturated heterocycles. The SMILES string of the molecule is CC1CC1n1c(CCl)nc2ccc(F)cc21. The van der Waals surface area contributed by atoms with Crippen molar-refractivity contribution < 1.29 is 4.39 Å². The molecule has 1 fully saturated rings.